The van der Waals surface area contributed by atoms with E-state index in [0.717, 1.165) is 38.2 Å². The number of rotatable bonds is 3. The molecule has 0 radical (unpaired) electrons. The van der Waals surface area contributed by atoms with E-state index in [4.69, 9.17) is 15.2 Å². The Kier molecular flexibility index (Phi) is 3.46. The van der Waals surface area contributed by atoms with Crippen LogP contribution in [0.25, 0.3) is 0 Å². The van der Waals surface area contributed by atoms with Gasteiger partial charge in [-0.25, -0.2) is 0 Å². The van der Waals surface area contributed by atoms with Crippen LogP contribution in [-0.4, -0.2) is 25.9 Å². The van der Waals surface area contributed by atoms with E-state index in [1.54, 1.807) is 7.11 Å². The Morgan fingerprint density at radius 2 is 2.12 bits per heavy atom. The average molecular weight is 221 g/mol. The molecule has 0 saturated carbocycles. The fourth-order valence-electron chi connectivity index (χ4n) is 2.14. The van der Waals surface area contributed by atoms with Gasteiger partial charge in [-0.1, -0.05) is 12.1 Å². The normalized spacial score (nSPS) is 19.4. The minimum atomic E-state index is -0.107. The summed E-state index contributed by atoms with van der Waals surface area (Å²) in [4.78, 5) is 0. The molecule has 1 fully saturated rings. The van der Waals surface area contributed by atoms with Crippen molar-refractivity contribution in [2.75, 3.05) is 20.3 Å². The summed E-state index contributed by atoms with van der Waals surface area (Å²) in [5, 5.41) is 0. The smallest absolute Gasteiger partial charge is 0.119 e. The van der Waals surface area contributed by atoms with E-state index in [0.29, 0.717) is 0 Å². The van der Waals surface area contributed by atoms with Crippen molar-refractivity contribution in [1.82, 2.24) is 0 Å². The Balaban J connectivity index is 2.07. The van der Waals surface area contributed by atoms with E-state index in [-0.39, 0.29) is 5.54 Å². The Bertz CT molecular complexity index is 346. The van der Waals surface area contributed by atoms with Gasteiger partial charge < -0.3 is 15.2 Å². The Morgan fingerprint density at radius 3 is 2.81 bits per heavy atom. The average Bonchev–Trinajstić information content (AvgIpc) is 2.29. The molecule has 0 unspecified atom stereocenters. The lowest BCUT2D eigenvalue weighted by Crippen LogP contribution is -2.46. The molecule has 0 spiro atoms. The van der Waals surface area contributed by atoms with E-state index < -0.39 is 0 Å². The minimum absolute atomic E-state index is 0.107. The number of hydrogen-bond acceptors (Lipinski definition) is 3. The maximum Gasteiger partial charge on any atom is 0.119 e. The summed E-state index contributed by atoms with van der Waals surface area (Å²) in [7, 11) is 1.69. The van der Waals surface area contributed by atoms with Crippen molar-refractivity contribution in [2.45, 2.75) is 24.8 Å². The first-order chi connectivity index (χ1) is 7.72. The molecular weight excluding hydrogens is 202 g/mol. The van der Waals surface area contributed by atoms with Gasteiger partial charge in [-0.2, -0.15) is 0 Å². The first-order valence-electron chi connectivity index (χ1n) is 5.71. The van der Waals surface area contributed by atoms with Crippen LogP contribution in [0, 0.1) is 0 Å². The first-order valence-corrected chi connectivity index (χ1v) is 5.71. The summed E-state index contributed by atoms with van der Waals surface area (Å²) < 4.78 is 10.6. The van der Waals surface area contributed by atoms with Crippen LogP contribution in [0.5, 0.6) is 5.75 Å². The molecule has 3 heteroatoms. The van der Waals surface area contributed by atoms with E-state index >= 15 is 0 Å². The van der Waals surface area contributed by atoms with Gasteiger partial charge >= 0.3 is 0 Å². The highest BCUT2D eigenvalue weighted by molar-refractivity contribution is 5.29. The van der Waals surface area contributed by atoms with Gasteiger partial charge in [0.15, 0.2) is 0 Å². The van der Waals surface area contributed by atoms with Crippen molar-refractivity contribution >= 4 is 0 Å². The van der Waals surface area contributed by atoms with Gasteiger partial charge in [0.1, 0.15) is 5.75 Å². The molecule has 1 aliphatic rings. The molecule has 1 saturated heterocycles. The Morgan fingerprint density at radius 1 is 1.38 bits per heavy atom. The van der Waals surface area contributed by atoms with Gasteiger partial charge in [0.05, 0.1) is 7.11 Å². The van der Waals surface area contributed by atoms with Crippen LogP contribution in [-0.2, 0) is 11.2 Å². The van der Waals surface area contributed by atoms with Crippen molar-refractivity contribution in [3.05, 3.63) is 29.8 Å². The molecule has 16 heavy (non-hydrogen) atoms. The molecule has 3 nitrogen and oxygen atoms in total. The molecular formula is C13H19NO2. The predicted octanol–water partition coefficient (Wildman–Crippen LogP) is 1.75. The number of nitrogens with two attached hydrogens (primary N) is 1. The second-order valence-corrected chi connectivity index (χ2v) is 4.50. The van der Waals surface area contributed by atoms with Gasteiger partial charge in [-0.05, 0) is 37.0 Å². The lowest BCUT2D eigenvalue weighted by atomic mass is 9.85. The first kappa shape index (κ1) is 11.4. The number of benzene rings is 1. The highest BCUT2D eigenvalue weighted by Gasteiger charge is 2.28. The second kappa shape index (κ2) is 4.85. The maximum atomic E-state index is 6.36. The lowest BCUT2D eigenvalue weighted by Gasteiger charge is -2.33. The van der Waals surface area contributed by atoms with Crippen LogP contribution in [0.4, 0.5) is 0 Å². The molecule has 0 aliphatic carbocycles. The van der Waals surface area contributed by atoms with Gasteiger partial charge in [-0.3, -0.25) is 0 Å². The lowest BCUT2D eigenvalue weighted by molar-refractivity contribution is 0.0533. The molecule has 1 aliphatic heterocycles. The van der Waals surface area contributed by atoms with Gasteiger partial charge in [-0.15, -0.1) is 0 Å². The fraction of sp³-hybridized carbons (Fsp3) is 0.538. The molecule has 88 valence electrons. The van der Waals surface area contributed by atoms with Gasteiger partial charge in [0.25, 0.3) is 0 Å². The van der Waals surface area contributed by atoms with E-state index in [2.05, 4.69) is 12.1 Å². The topological polar surface area (TPSA) is 44.5 Å². The summed E-state index contributed by atoms with van der Waals surface area (Å²) in [5.41, 5.74) is 7.49. The van der Waals surface area contributed by atoms with Crippen molar-refractivity contribution in [3.63, 3.8) is 0 Å². The standard InChI is InChI=1S/C13H19NO2/c1-15-12-4-2-3-11(9-12)10-13(14)5-7-16-8-6-13/h2-4,9H,5-8,10,14H2,1H3. The zero-order valence-electron chi connectivity index (χ0n) is 9.74. The van der Waals surface area contributed by atoms with Crippen LogP contribution in [0.15, 0.2) is 24.3 Å². The minimum Gasteiger partial charge on any atom is -0.497 e. The third kappa shape index (κ3) is 2.74. The Labute approximate surface area is 96.5 Å². The van der Waals surface area contributed by atoms with Crippen LogP contribution in [0.3, 0.4) is 0 Å². The van der Waals surface area contributed by atoms with E-state index in [9.17, 15) is 0 Å². The molecule has 0 atom stereocenters. The molecule has 0 amide bonds. The Hall–Kier alpha value is -1.06. The number of methoxy groups -OCH3 is 1. The molecule has 0 bridgehead atoms. The number of hydrogen-bond donors (Lipinski definition) is 1. The molecule has 2 rings (SSSR count). The van der Waals surface area contributed by atoms with E-state index in [1.807, 2.05) is 12.1 Å². The molecule has 2 N–H and O–H groups in total. The van der Waals surface area contributed by atoms with Crippen molar-refractivity contribution < 1.29 is 9.47 Å². The monoisotopic (exact) mass is 221 g/mol. The molecule has 1 aromatic rings. The summed E-state index contributed by atoms with van der Waals surface area (Å²) in [6.07, 6.45) is 2.77. The summed E-state index contributed by atoms with van der Waals surface area (Å²) in [5.74, 6) is 0.896. The van der Waals surface area contributed by atoms with E-state index in [1.165, 1.54) is 5.56 Å². The fourth-order valence-corrected chi connectivity index (χ4v) is 2.14. The van der Waals surface area contributed by atoms with Crippen molar-refractivity contribution in [3.8, 4) is 5.75 Å². The largest absolute Gasteiger partial charge is 0.497 e. The quantitative estimate of drug-likeness (QED) is 0.845. The summed E-state index contributed by atoms with van der Waals surface area (Å²) >= 11 is 0. The van der Waals surface area contributed by atoms with Gasteiger partial charge in [0, 0.05) is 18.8 Å². The third-order valence-corrected chi connectivity index (χ3v) is 3.18. The van der Waals surface area contributed by atoms with Crippen LogP contribution >= 0.6 is 0 Å². The van der Waals surface area contributed by atoms with Crippen LogP contribution in [0.1, 0.15) is 18.4 Å². The zero-order valence-corrected chi connectivity index (χ0v) is 9.74. The number of ether oxygens (including phenoxy) is 2. The molecule has 1 aromatic carbocycles. The van der Waals surface area contributed by atoms with Crippen LogP contribution in [0.2, 0.25) is 0 Å². The van der Waals surface area contributed by atoms with Crippen molar-refractivity contribution in [1.29, 1.82) is 0 Å². The second-order valence-electron chi connectivity index (χ2n) is 4.50. The summed E-state index contributed by atoms with van der Waals surface area (Å²) in [6.45, 7) is 1.56. The SMILES string of the molecule is COc1cccc(CC2(N)CCOCC2)c1. The van der Waals surface area contributed by atoms with Gasteiger partial charge in [0.2, 0.25) is 0 Å². The van der Waals surface area contributed by atoms with Crippen LogP contribution < -0.4 is 10.5 Å². The third-order valence-electron chi connectivity index (χ3n) is 3.18. The molecule has 0 aromatic heterocycles. The summed E-state index contributed by atoms with van der Waals surface area (Å²) in [6, 6.07) is 8.13. The highest BCUT2D eigenvalue weighted by atomic mass is 16.5. The highest BCUT2D eigenvalue weighted by Crippen LogP contribution is 2.24. The molecule has 1 heterocycles. The maximum absolute atomic E-state index is 6.36. The zero-order chi connectivity index (χ0) is 11.4. The predicted molar refractivity (Wildman–Crippen MR) is 63.7 cm³/mol. The van der Waals surface area contributed by atoms with Crippen molar-refractivity contribution in [2.24, 2.45) is 5.73 Å².